The molecule has 11 heavy (non-hydrogen) atoms. The van der Waals surface area contributed by atoms with Crippen molar-refractivity contribution < 1.29 is 4.74 Å². The molecule has 2 nitrogen and oxygen atoms in total. The molecule has 0 aromatic carbocycles. The molecule has 0 aromatic rings. The Bertz CT molecular complexity index is 128. The third-order valence-electron chi connectivity index (χ3n) is 2.38. The molecule has 1 saturated heterocycles. The van der Waals surface area contributed by atoms with E-state index in [4.69, 9.17) is 10.5 Å². The first-order valence-corrected chi connectivity index (χ1v) is 4.35. The minimum Gasteiger partial charge on any atom is -0.377 e. The quantitative estimate of drug-likeness (QED) is 0.624. The molecule has 0 aliphatic carbocycles. The lowest BCUT2D eigenvalue weighted by Crippen LogP contribution is -2.25. The highest BCUT2D eigenvalue weighted by Gasteiger charge is 2.33. The highest BCUT2D eigenvalue weighted by molar-refractivity contribution is 4.82. The summed E-state index contributed by atoms with van der Waals surface area (Å²) >= 11 is 0. The van der Waals surface area contributed by atoms with Gasteiger partial charge < -0.3 is 10.5 Å². The Hall–Kier alpha value is -0.0800. The van der Waals surface area contributed by atoms with Crippen LogP contribution in [0.25, 0.3) is 0 Å². The summed E-state index contributed by atoms with van der Waals surface area (Å²) in [6, 6.07) is 0. The molecular formula is C9H19NO. The molecule has 2 N–H and O–H groups in total. The van der Waals surface area contributed by atoms with Crippen LogP contribution in [0.15, 0.2) is 0 Å². The van der Waals surface area contributed by atoms with E-state index in [-0.39, 0.29) is 5.41 Å². The molecular weight excluding hydrogens is 138 g/mol. The van der Waals surface area contributed by atoms with E-state index in [2.05, 4.69) is 20.8 Å². The van der Waals surface area contributed by atoms with Gasteiger partial charge in [0.1, 0.15) is 0 Å². The second-order valence-corrected chi connectivity index (χ2v) is 4.53. The van der Waals surface area contributed by atoms with Gasteiger partial charge in [0.15, 0.2) is 0 Å². The normalized spacial score (nSPS) is 32.7. The summed E-state index contributed by atoms with van der Waals surface area (Å²) in [5.74, 6) is 0.597. The predicted molar refractivity (Wildman–Crippen MR) is 46.4 cm³/mol. The van der Waals surface area contributed by atoms with Gasteiger partial charge in [0, 0.05) is 0 Å². The van der Waals surface area contributed by atoms with Crippen LogP contribution in [0.2, 0.25) is 0 Å². The average molecular weight is 157 g/mol. The van der Waals surface area contributed by atoms with Crippen LogP contribution in [0.5, 0.6) is 0 Å². The molecule has 1 rings (SSSR count). The van der Waals surface area contributed by atoms with E-state index in [1.807, 2.05) is 0 Å². The van der Waals surface area contributed by atoms with Crippen molar-refractivity contribution in [3.8, 4) is 0 Å². The first kappa shape index (κ1) is 9.01. The van der Waals surface area contributed by atoms with Crippen molar-refractivity contribution in [2.24, 2.45) is 17.1 Å². The molecule has 2 atom stereocenters. The highest BCUT2D eigenvalue weighted by atomic mass is 16.5. The van der Waals surface area contributed by atoms with Crippen LogP contribution in [-0.2, 0) is 4.74 Å². The molecule has 1 aliphatic rings. The van der Waals surface area contributed by atoms with Gasteiger partial charge in [0.2, 0.25) is 0 Å². The van der Waals surface area contributed by atoms with Gasteiger partial charge in [0.05, 0.1) is 12.7 Å². The minimum atomic E-state index is 0.282. The summed E-state index contributed by atoms with van der Waals surface area (Å²) in [7, 11) is 0. The minimum absolute atomic E-state index is 0.282. The molecule has 0 radical (unpaired) electrons. The second kappa shape index (κ2) is 3.11. The van der Waals surface area contributed by atoms with Gasteiger partial charge >= 0.3 is 0 Å². The molecule has 0 bridgehead atoms. The Morgan fingerprint density at radius 2 is 2.09 bits per heavy atom. The summed E-state index contributed by atoms with van der Waals surface area (Å²) in [5, 5.41) is 0. The van der Waals surface area contributed by atoms with E-state index in [9.17, 15) is 0 Å². The van der Waals surface area contributed by atoms with Gasteiger partial charge in [0.25, 0.3) is 0 Å². The summed E-state index contributed by atoms with van der Waals surface area (Å²) in [6.07, 6.45) is 1.55. The molecule has 0 aromatic heterocycles. The van der Waals surface area contributed by atoms with Gasteiger partial charge in [-0.3, -0.25) is 0 Å². The Balaban J connectivity index is 2.42. The zero-order valence-electron chi connectivity index (χ0n) is 7.76. The molecule has 2 unspecified atom stereocenters. The van der Waals surface area contributed by atoms with Crippen LogP contribution in [0.3, 0.4) is 0 Å². The first-order chi connectivity index (χ1) is 5.04. The van der Waals surface area contributed by atoms with Crippen molar-refractivity contribution in [3.05, 3.63) is 0 Å². The van der Waals surface area contributed by atoms with E-state index in [1.54, 1.807) is 0 Å². The topological polar surface area (TPSA) is 35.2 Å². The second-order valence-electron chi connectivity index (χ2n) is 4.53. The van der Waals surface area contributed by atoms with Gasteiger partial charge in [-0.2, -0.15) is 0 Å². The third kappa shape index (κ3) is 2.17. The zero-order valence-corrected chi connectivity index (χ0v) is 7.76. The third-order valence-corrected chi connectivity index (χ3v) is 2.38. The number of ether oxygens (including phenoxy) is 1. The van der Waals surface area contributed by atoms with Gasteiger partial charge in [-0.05, 0) is 24.3 Å². The fourth-order valence-electron chi connectivity index (χ4n) is 1.46. The van der Waals surface area contributed by atoms with E-state index in [0.717, 1.165) is 19.6 Å². The summed E-state index contributed by atoms with van der Waals surface area (Å²) in [6.45, 7) is 8.29. The number of rotatable bonds is 1. The standard InChI is InChI=1S/C9H19NO/c1-9(2,3)8-4-7(5-10)6-11-8/h7-8H,4-6,10H2,1-3H3. The van der Waals surface area contributed by atoms with Crippen LogP contribution >= 0.6 is 0 Å². The lowest BCUT2D eigenvalue weighted by Gasteiger charge is -2.25. The lowest BCUT2D eigenvalue weighted by atomic mass is 9.85. The molecule has 1 aliphatic heterocycles. The van der Waals surface area contributed by atoms with Crippen molar-refractivity contribution in [2.75, 3.05) is 13.2 Å². The molecule has 1 fully saturated rings. The van der Waals surface area contributed by atoms with E-state index < -0.39 is 0 Å². The van der Waals surface area contributed by atoms with Gasteiger partial charge in [-0.25, -0.2) is 0 Å². The first-order valence-electron chi connectivity index (χ1n) is 4.35. The Morgan fingerprint density at radius 3 is 2.36 bits per heavy atom. The fraction of sp³-hybridized carbons (Fsp3) is 1.00. The monoisotopic (exact) mass is 157 g/mol. The van der Waals surface area contributed by atoms with Crippen LogP contribution in [0, 0.1) is 11.3 Å². The lowest BCUT2D eigenvalue weighted by molar-refractivity contribution is 0.0279. The number of hydrogen-bond donors (Lipinski definition) is 1. The smallest absolute Gasteiger partial charge is 0.0627 e. The predicted octanol–water partition coefficient (Wildman–Crippen LogP) is 1.40. The van der Waals surface area contributed by atoms with Crippen LogP contribution in [0.1, 0.15) is 27.2 Å². The van der Waals surface area contributed by atoms with Gasteiger partial charge in [-0.15, -0.1) is 0 Å². The van der Waals surface area contributed by atoms with Crippen molar-refractivity contribution in [1.82, 2.24) is 0 Å². The van der Waals surface area contributed by atoms with Crippen molar-refractivity contribution in [3.63, 3.8) is 0 Å². The van der Waals surface area contributed by atoms with E-state index >= 15 is 0 Å². The maximum absolute atomic E-state index is 5.64. The summed E-state index contributed by atoms with van der Waals surface area (Å²) in [4.78, 5) is 0. The van der Waals surface area contributed by atoms with Gasteiger partial charge in [-0.1, -0.05) is 20.8 Å². The average Bonchev–Trinajstić information content (AvgIpc) is 2.32. The molecule has 1 heterocycles. The summed E-state index contributed by atoms with van der Waals surface area (Å²) < 4.78 is 5.64. The van der Waals surface area contributed by atoms with Crippen LogP contribution in [-0.4, -0.2) is 19.3 Å². The van der Waals surface area contributed by atoms with Crippen molar-refractivity contribution in [1.29, 1.82) is 0 Å². The van der Waals surface area contributed by atoms with E-state index in [0.29, 0.717) is 12.0 Å². The van der Waals surface area contributed by atoms with Crippen LogP contribution in [0.4, 0.5) is 0 Å². The maximum Gasteiger partial charge on any atom is 0.0627 e. The maximum atomic E-state index is 5.64. The van der Waals surface area contributed by atoms with E-state index in [1.165, 1.54) is 0 Å². The number of hydrogen-bond acceptors (Lipinski definition) is 2. The highest BCUT2D eigenvalue weighted by Crippen LogP contribution is 2.32. The zero-order chi connectivity index (χ0) is 8.48. The molecule has 0 spiro atoms. The Kier molecular flexibility index (Phi) is 2.55. The molecule has 0 amide bonds. The summed E-state index contributed by atoms with van der Waals surface area (Å²) in [5.41, 5.74) is 5.84. The molecule has 0 saturated carbocycles. The fourth-order valence-corrected chi connectivity index (χ4v) is 1.46. The van der Waals surface area contributed by atoms with Crippen molar-refractivity contribution >= 4 is 0 Å². The number of nitrogens with two attached hydrogens (primary N) is 1. The SMILES string of the molecule is CC(C)(C)C1CC(CN)CO1. The molecule has 66 valence electrons. The Morgan fingerprint density at radius 1 is 1.45 bits per heavy atom. The largest absolute Gasteiger partial charge is 0.377 e. The Labute approximate surface area is 69.1 Å². The van der Waals surface area contributed by atoms with Crippen molar-refractivity contribution in [2.45, 2.75) is 33.3 Å². The molecule has 2 heteroatoms. The van der Waals surface area contributed by atoms with Crippen LogP contribution < -0.4 is 5.73 Å².